The number of carbonyl (C=O) groups is 1. The minimum Gasteiger partial charge on any atom is -0.354 e. The van der Waals surface area contributed by atoms with Crippen LogP contribution in [0.25, 0.3) is 33.3 Å². The number of halogens is 1. The van der Waals surface area contributed by atoms with E-state index in [1.54, 1.807) is 30.5 Å². The van der Waals surface area contributed by atoms with Crippen molar-refractivity contribution in [3.8, 4) is 22.4 Å². The van der Waals surface area contributed by atoms with Crippen LogP contribution in [0, 0.1) is 11.7 Å². The first-order valence-corrected chi connectivity index (χ1v) is 11.2. The molecule has 2 heterocycles. The lowest BCUT2D eigenvalue weighted by Gasteiger charge is -2.11. The predicted octanol–water partition coefficient (Wildman–Crippen LogP) is 6.39. The lowest BCUT2D eigenvalue weighted by molar-refractivity contribution is 0.0929. The molecule has 0 aliphatic rings. The van der Waals surface area contributed by atoms with Gasteiger partial charge in [-0.3, -0.25) is 9.59 Å². The second kappa shape index (κ2) is 8.94. The molecule has 5 rings (SSSR count). The minimum absolute atomic E-state index is 0.0190. The molecule has 0 saturated carbocycles. The van der Waals surface area contributed by atoms with Crippen molar-refractivity contribution in [2.45, 2.75) is 13.3 Å². The van der Waals surface area contributed by atoms with Crippen molar-refractivity contribution in [1.82, 2.24) is 9.97 Å². The van der Waals surface area contributed by atoms with Gasteiger partial charge < -0.3 is 9.97 Å². The summed E-state index contributed by atoms with van der Waals surface area (Å²) in [5, 5.41) is 0.879. The van der Waals surface area contributed by atoms with E-state index < -0.39 is 0 Å². The summed E-state index contributed by atoms with van der Waals surface area (Å²) in [6, 6.07) is 25.3. The standard InChI is InChI=1S/C29H23FN2O2/c1-18(16-19-9-12-22(30)13-10-19)28(33)21-11-14-25-24(17-21)26(20-6-3-2-4-7-20)27(32-25)23-8-5-15-31-29(23)34/h2-15,17-18,32H,16H2,1H3,(H,31,34). The fourth-order valence-electron chi connectivity index (χ4n) is 4.42. The smallest absolute Gasteiger partial charge is 0.257 e. The number of aromatic nitrogens is 2. The quantitative estimate of drug-likeness (QED) is 0.294. The molecule has 0 saturated heterocycles. The monoisotopic (exact) mass is 450 g/mol. The van der Waals surface area contributed by atoms with Crippen LogP contribution >= 0.6 is 0 Å². The molecular formula is C29H23FN2O2. The molecule has 5 aromatic rings. The normalized spacial score (nSPS) is 12.1. The van der Waals surface area contributed by atoms with Crippen molar-refractivity contribution in [2.75, 3.05) is 0 Å². The molecule has 0 radical (unpaired) electrons. The van der Waals surface area contributed by atoms with E-state index in [4.69, 9.17) is 0 Å². The summed E-state index contributed by atoms with van der Waals surface area (Å²) in [4.78, 5) is 32.0. The SMILES string of the molecule is CC(Cc1ccc(F)cc1)C(=O)c1ccc2[nH]c(-c3ccc[nH]c3=O)c(-c3ccccc3)c2c1. The van der Waals surface area contributed by atoms with E-state index in [0.29, 0.717) is 23.2 Å². The Labute approximate surface area is 196 Å². The second-order valence-corrected chi connectivity index (χ2v) is 8.51. The van der Waals surface area contributed by atoms with Crippen LogP contribution in [0.5, 0.6) is 0 Å². The molecule has 0 bridgehead atoms. The van der Waals surface area contributed by atoms with Crippen molar-refractivity contribution < 1.29 is 9.18 Å². The summed E-state index contributed by atoms with van der Waals surface area (Å²) in [5.74, 6) is -0.536. The molecule has 34 heavy (non-hydrogen) atoms. The van der Waals surface area contributed by atoms with E-state index in [9.17, 15) is 14.0 Å². The number of hydrogen-bond acceptors (Lipinski definition) is 2. The molecule has 1 atom stereocenters. The topological polar surface area (TPSA) is 65.7 Å². The van der Waals surface area contributed by atoms with Gasteiger partial charge in [-0.05, 0) is 60.0 Å². The summed E-state index contributed by atoms with van der Waals surface area (Å²) in [6.45, 7) is 1.89. The molecule has 0 aliphatic heterocycles. The van der Waals surface area contributed by atoms with Crippen LogP contribution < -0.4 is 5.56 Å². The van der Waals surface area contributed by atoms with Gasteiger partial charge in [0.1, 0.15) is 5.82 Å². The lowest BCUT2D eigenvalue weighted by atomic mass is 9.91. The predicted molar refractivity (Wildman–Crippen MR) is 133 cm³/mol. The maximum absolute atomic E-state index is 13.3. The van der Waals surface area contributed by atoms with Gasteiger partial charge in [-0.2, -0.15) is 0 Å². The van der Waals surface area contributed by atoms with Crippen LogP contribution in [0.15, 0.2) is 95.9 Å². The van der Waals surface area contributed by atoms with Crippen LogP contribution in [0.1, 0.15) is 22.8 Å². The Morgan fingerprint density at radius 1 is 0.941 bits per heavy atom. The first-order valence-electron chi connectivity index (χ1n) is 11.2. The Balaban J connectivity index is 1.60. The van der Waals surface area contributed by atoms with Crippen LogP contribution in [-0.2, 0) is 6.42 Å². The molecule has 4 nitrogen and oxygen atoms in total. The number of ketones is 1. The van der Waals surface area contributed by atoms with Crippen LogP contribution in [0.4, 0.5) is 4.39 Å². The highest BCUT2D eigenvalue weighted by molar-refractivity contribution is 6.08. The van der Waals surface area contributed by atoms with E-state index in [1.165, 1.54) is 12.1 Å². The first-order chi connectivity index (χ1) is 16.5. The van der Waals surface area contributed by atoms with Crippen molar-refractivity contribution in [1.29, 1.82) is 0 Å². The number of pyridine rings is 1. The van der Waals surface area contributed by atoms with Crippen LogP contribution in [0.2, 0.25) is 0 Å². The molecule has 1 unspecified atom stereocenters. The molecule has 5 heteroatoms. The molecule has 0 fully saturated rings. The first kappa shape index (κ1) is 21.6. The third-order valence-electron chi connectivity index (χ3n) is 6.14. The van der Waals surface area contributed by atoms with Crippen LogP contribution in [-0.4, -0.2) is 15.8 Å². The van der Waals surface area contributed by atoms with Gasteiger partial charge in [-0.25, -0.2) is 4.39 Å². The average Bonchev–Trinajstić information content (AvgIpc) is 3.24. The van der Waals surface area contributed by atoms with E-state index in [2.05, 4.69) is 9.97 Å². The number of Topliss-reactive ketones (excluding diaryl/α,β-unsaturated/α-hetero) is 1. The molecule has 3 aromatic carbocycles. The summed E-state index contributed by atoms with van der Waals surface area (Å²) in [7, 11) is 0. The van der Waals surface area contributed by atoms with Crippen molar-refractivity contribution in [2.24, 2.45) is 5.92 Å². The van der Waals surface area contributed by atoms with Gasteiger partial charge in [0, 0.05) is 34.1 Å². The van der Waals surface area contributed by atoms with E-state index in [-0.39, 0.29) is 23.1 Å². The Morgan fingerprint density at radius 2 is 1.71 bits per heavy atom. The minimum atomic E-state index is -0.290. The zero-order chi connectivity index (χ0) is 23.7. The highest BCUT2D eigenvalue weighted by Gasteiger charge is 2.21. The number of nitrogens with one attached hydrogen (secondary N) is 2. The largest absolute Gasteiger partial charge is 0.354 e. The number of aromatic amines is 2. The van der Waals surface area contributed by atoms with Gasteiger partial charge in [0.25, 0.3) is 5.56 Å². The summed E-state index contributed by atoms with van der Waals surface area (Å²) < 4.78 is 13.2. The number of rotatable bonds is 6. The zero-order valence-corrected chi connectivity index (χ0v) is 18.6. The Kier molecular flexibility index (Phi) is 5.68. The zero-order valence-electron chi connectivity index (χ0n) is 18.6. The van der Waals surface area contributed by atoms with E-state index >= 15 is 0 Å². The van der Waals surface area contributed by atoms with Crippen LogP contribution in [0.3, 0.4) is 0 Å². The molecule has 168 valence electrons. The van der Waals surface area contributed by atoms with E-state index in [1.807, 2.05) is 55.5 Å². The Hall–Kier alpha value is -4.25. The fraction of sp³-hybridized carbons (Fsp3) is 0.103. The Morgan fingerprint density at radius 3 is 2.44 bits per heavy atom. The number of H-pyrrole nitrogens is 2. The van der Waals surface area contributed by atoms with Gasteiger partial charge in [0.15, 0.2) is 5.78 Å². The molecule has 2 aromatic heterocycles. The summed E-state index contributed by atoms with van der Waals surface area (Å²) >= 11 is 0. The summed E-state index contributed by atoms with van der Waals surface area (Å²) in [6.07, 6.45) is 2.14. The number of carbonyl (C=O) groups excluding carboxylic acids is 1. The highest BCUT2D eigenvalue weighted by atomic mass is 19.1. The van der Waals surface area contributed by atoms with Crippen molar-refractivity contribution in [3.05, 3.63) is 118 Å². The maximum atomic E-state index is 13.3. The van der Waals surface area contributed by atoms with Gasteiger partial charge in [0.2, 0.25) is 0 Å². The molecule has 0 aliphatic carbocycles. The van der Waals surface area contributed by atoms with E-state index in [0.717, 1.165) is 27.6 Å². The van der Waals surface area contributed by atoms with Gasteiger partial charge in [0.05, 0.1) is 11.3 Å². The molecule has 2 N–H and O–H groups in total. The summed E-state index contributed by atoms with van der Waals surface area (Å²) in [5.41, 5.74) is 5.27. The lowest BCUT2D eigenvalue weighted by Crippen LogP contribution is -2.14. The number of fused-ring (bicyclic) bond motifs is 1. The number of benzene rings is 3. The maximum Gasteiger partial charge on any atom is 0.257 e. The van der Waals surface area contributed by atoms with Gasteiger partial charge in [-0.1, -0.05) is 49.4 Å². The molecular weight excluding hydrogens is 427 g/mol. The third kappa shape index (κ3) is 4.08. The molecule has 0 amide bonds. The fourth-order valence-corrected chi connectivity index (χ4v) is 4.42. The van der Waals surface area contributed by atoms with Crippen molar-refractivity contribution in [3.63, 3.8) is 0 Å². The van der Waals surface area contributed by atoms with Gasteiger partial charge >= 0.3 is 0 Å². The Bertz CT molecular complexity index is 1530. The second-order valence-electron chi connectivity index (χ2n) is 8.51. The third-order valence-corrected chi connectivity index (χ3v) is 6.14. The van der Waals surface area contributed by atoms with Crippen molar-refractivity contribution >= 4 is 16.7 Å². The van der Waals surface area contributed by atoms with Gasteiger partial charge in [-0.15, -0.1) is 0 Å². The molecule has 0 spiro atoms. The number of hydrogen-bond donors (Lipinski definition) is 2. The highest BCUT2D eigenvalue weighted by Crippen LogP contribution is 2.37. The average molecular weight is 451 g/mol.